The minimum absolute atomic E-state index is 0.381. The summed E-state index contributed by atoms with van der Waals surface area (Å²) in [4.78, 5) is 0. The molecule has 0 amide bonds. The highest BCUT2D eigenvalue weighted by Gasteiger charge is 1.93. The zero-order valence-corrected chi connectivity index (χ0v) is 6.51. The molecule has 0 aliphatic carbocycles. The van der Waals surface area contributed by atoms with E-state index in [9.17, 15) is 0 Å². The van der Waals surface area contributed by atoms with Crippen LogP contribution in [0.4, 0.5) is 0 Å². The lowest BCUT2D eigenvalue weighted by atomic mass is 10.5. The maximum Gasteiger partial charge on any atom is 0.282 e. The van der Waals surface area contributed by atoms with E-state index in [4.69, 9.17) is 14.2 Å². The topological polar surface area (TPSA) is 27.7 Å². The third kappa shape index (κ3) is 3.02. The van der Waals surface area contributed by atoms with Crippen molar-refractivity contribution in [2.45, 2.75) is 0 Å². The number of rotatable bonds is 4. The van der Waals surface area contributed by atoms with Gasteiger partial charge in [-0.25, -0.2) is 0 Å². The smallest absolute Gasteiger partial charge is 0.282 e. The van der Waals surface area contributed by atoms with Crippen molar-refractivity contribution in [3.05, 3.63) is 24.4 Å². The summed E-state index contributed by atoms with van der Waals surface area (Å²) in [7, 11) is 4.55. The predicted molar refractivity (Wildman–Crippen MR) is 38.3 cm³/mol. The van der Waals surface area contributed by atoms with Crippen molar-refractivity contribution < 1.29 is 14.2 Å². The lowest BCUT2D eigenvalue weighted by molar-refractivity contribution is 0.0932. The van der Waals surface area contributed by atoms with Crippen molar-refractivity contribution in [3.63, 3.8) is 0 Å². The van der Waals surface area contributed by atoms with Gasteiger partial charge in [0, 0.05) is 0 Å². The van der Waals surface area contributed by atoms with E-state index in [1.54, 1.807) is 6.08 Å². The summed E-state index contributed by atoms with van der Waals surface area (Å²) in [5.41, 5.74) is 0. The van der Waals surface area contributed by atoms with E-state index in [1.807, 2.05) is 0 Å². The first-order chi connectivity index (χ1) is 4.74. The van der Waals surface area contributed by atoms with Crippen LogP contribution in [0.2, 0.25) is 0 Å². The molecule has 0 aromatic rings. The molecule has 3 heteroatoms. The van der Waals surface area contributed by atoms with Crippen molar-refractivity contribution in [2.24, 2.45) is 0 Å². The summed E-state index contributed by atoms with van der Waals surface area (Å²) >= 11 is 0. The Labute approximate surface area is 60.9 Å². The first kappa shape index (κ1) is 8.88. The van der Waals surface area contributed by atoms with Gasteiger partial charge in [0.25, 0.3) is 5.95 Å². The van der Waals surface area contributed by atoms with Gasteiger partial charge in [0.15, 0.2) is 0 Å². The van der Waals surface area contributed by atoms with Gasteiger partial charge in [0.2, 0.25) is 0 Å². The Morgan fingerprint density at radius 1 is 1.10 bits per heavy atom. The Morgan fingerprint density at radius 3 is 1.90 bits per heavy atom. The van der Waals surface area contributed by atoms with Crippen molar-refractivity contribution >= 4 is 0 Å². The lowest BCUT2D eigenvalue weighted by Gasteiger charge is -2.03. The third-order valence-corrected chi connectivity index (χ3v) is 0.943. The van der Waals surface area contributed by atoms with Crippen LogP contribution in [0.3, 0.4) is 0 Å². The van der Waals surface area contributed by atoms with E-state index in [-0.39, 0.29) is 0 Å². The number of ether oxygens (including phenoxy) is 3. The molecule has 0 rings (SSSR count). The molecule has 0 aliphatic heterocycles. The maximum absolute atomic E-state index is 4.77. The monoisotopic (exact) mass is 144 g/mol. The van der Waals surface area contributed by atoms with Gasteiger partial charge in [-0.15, -0.1) is 0 Å². The van der Waals surface area contributed by atoms with Gasteiger partial charge < -0.3 is 14.2 Å². The molecule has 0 spiro atoms. The molecule has 0 unspecified atom stereocenters. The van der Waals surface area contributed by atoms with Gasteiger partial charge >= 0.3 is 0 Å². The van der Waals surface area contributed by atoms with Crippen LogP contribution in [-0.2, 0) is 14.2 Å². The molecule has 58 valence electrons. The summed E-state index contributed by atoms with van der Waals surface area (Å²) in [6.07, 6.45) is 1.56. The van der Waals surface area contributed by atoms with E-state index in [2.05, 4.69) is 6.58 Å². The fourth-order valence-corrected chi connectivity index (χ4v) is 0.392. The molecule has 0 N–H and O–H groups in total. The minimum Gasteiger partial charge on any atom is -0.497 e. The molecule has 10 heavy (non-hydrogen) atoms. The van der Waals surface area contributed by atoms with Crippen LogP contribution in [0.25, 0.3) is 0 Å². The molecule has 0 bridgehead atoms. The van der Waals surface area contributed by atoms with Crippen LogP contribution in [0.5, 0.6) is 0 Å². The summed E-state index contributed by atoms with van der Waals surface area (Å²) in [5.74, 6) is 0.880. The summed E-state index contributed by atoms with van der Waals surface area (Å²) in [6.45, 7) is 3.55. The minimum atomic E-state index is 0.381. The molecule has 0 saturated carbocycles. The molecular weight excluding hydrogens is 132 g/mol. The normalized spacial score (nSPS) is 7.90. The van der Waals surface area contributed by atoms with Gasteiger partial charge in [0.1, 0.15) is 5.76 Å². The summed E-state index contributed by atoms with van der Waals surface area (Å²) in [6, 6.07) is 0. The lowest BCUT2D eigenvalue weighted by Crippen LogP contribution is -1.91. The Bertz CT molecular complexity index is 132. The van der Waals surface area contributed by atoms with Crippen LogP contribution < -0.4 is 0 Å². The summed E-state index contributed by atoms with van der Waals surface area (Å²) < 4.78 is 14.3. The molecule has 3 nitrogen and oxygen atoms in total. The zero-order valence-electron chi connectivity index (χ0n) is 6.51. The number of hydrogen-bond acceptors (Lipinski definition) is 3. The van der Waals surface area contributed by atoms with Crippen LogP contribution in [0.15, 0.2) is 24.4 Å². The average Bonchev–Trinajstić information content (AvgIpc) is 1.99. The highest BCUT2D eigenvalue weighted by Crippen LogP contribution is 2.01. The standard InChI is InChI=1S/C7H12O3/c1-6(8-2)5-7(9-3)10-4/h5H,1H2,2-4H3. The molecule has 0 aromatic heterocycles. The SMILES string of the molecule is C=C(C=C(OC)OC)OC. The van der Waals surface area contributed by atoms with E-state index >= 15 is 0 Å². The number of allylic oxidation sites excluding steroid dienone is 1. The Morgan fingerprint density at radius 2 is 1.60 bits per heavy atom. The molecule has 0 radical (unpaired) electrons. The molecule has 0 heterocycles. The second kappa shape index (κ2) is 4.73. The van der Waals surface area contributed by atoms with Crippen LogP contribution in [0.1, 0.15) is 0 Å². The Hall–Kier alpha value is -1.12. The van der Waals surface area contributed by atoms with Crippen LogP contribution in [-0.4, -0.2) is 21.3 Å². The first-order valence-corrected chi connectivity index (χ1v) is 2.77. The predicted octanol–water partition coefficient (Wildman–Crippen LogP) is 1.28. The quantitative estimate of drug-likeness (QED) is 0.439. The molecule has 0 aliphatic rings. The third-order valence-electron chi connectivity index (χ3n) is 0.943. The molecule has 0 fully saturated rings. The van der Waals surface area contributed by atoms with Gasteiger partial charge in [-0.05, 0) is 0 Å². The number of methoxy groups -OCH3 is 3. The van der Waals surface area contributed by atoms with Crippen molar-refractivity contribution in [1.82, 2.24) is 0 Å². The van der Waals surface area contributed by atoms with Crippen molar-refractivity contribution in [2.75, 3.05) is 21.3 Å². The Balaban J connectivity index is 3.96. The van der Waals surface area contributed by atoms with E-state index in [1.165, 1.54) is 21.3 Å². The van der Waals surface area contributed by atoms with E-state index in [0.717, 1.165) is 0 Å². The molecule has 0 saturated heterocycles. The van der Waals surface area contributed by atoms with Gasteiger partial charge in [0.05, 0.1) is 27.4 Å². The van der Waals surface area contributed by atoms with E-state index < -0.39 is 0 Å². The Kier molecular flexibility index (Phi) is 4.20. The molecule has 0 atom stereocenters. The fraction of sp³-hybridized carbons (Fsp3) is 0.429. The van der Waals surface area contributed by atoms with Gasteiger partial charge in [-0.2, -0.15) is 0 Å². The highest BCUT2D eigenvalue weighted by molar-refractivity contribution is 5.07. The number of hydrogen-bond donors (Lipinski definition) is 0. The van der Waals surface area contributed by atoms with Gasteiger partial charge in [-0.1, -0.05) is 6.58 Å². The maximum atomic E-state index is 4.77. The molecule has 0 aromatic carbocycles. The second-order valence-electron chi connectivity index (χ2n) is 1.54. The fourth-order valence-electron chi connectivity index (χ4n) is 0.392. The zero-order chi connectivity index (χ0) is 7.98. The van der Waals surface area contributed by atoms with Gasteiger partial charge in [-0.3, -0.25) is 0 Å². The second-order valence-corrected chi connectivity index (χ2v) is 1.54. The van der Waals surface area contributed by atoms with Crippen LogP contribution in [0, 0.1) is 0 Å². The van der Waals surface area contributed by atoms with E-state index in [0.29, 0.717) is 11.7 Å². The first-order valence-electron chi connectivity index (χ1n) is 2.77. The average molecular weight is 144 g/mol. The largest absolute Gasteiger partial charge is 0.497 e. The molecular formula is C7H12O3. The van der Waals surface area contributed by atoms with Crippen molar-refractivity contribution in [1.29, 1.82) is 0 Å². The highest BCUT2D eigenvalue weighted by atomic mass is 16.7. The van der Waals surface area contributed by atoms with Crippen LogP contribution >= 0.6 is 0 Å². The van der Waals surface area contributed by atoms with Crippen molar-refractivity contribution in [3.8, 4) is 0 Å². The summed E-state index contributed by atoms with van der Waals surface area (Å²) in [5, 5.41) is 0.